The molecule has 0 fully saturated rings. The average Bonchev–Trinajstić information content (AvgIpc) is 2.68. The quantitative estimate of drug-likeness (QED) is 0.860. The van der Waals surface area contributed by atoms with E-state index >= 15 is 0 Å². The molecule has 0 bridgehead atoms. The van der Waals surface area contributed by atoms with Gasteiger partial charge in [-0.2, -0.15) is 0 Å². The Balaban J connectivity index is 2.59. The van der Waals surface area contributed by atoms with Gasteiger partial charge in [-0.15, -0.1) is 11.3 Å². The van der Waals surface area contributed by atoms with Crippen molar-refractivity contribution in [1.82, 2.24) is 0 Å². The van der Waals surface area contributed by atoms with Gasteiger partial charge >= 0.3 is 0 Å². The van der Waals surface area contributed by atoms with Crippen LogP contribution < -0.4 is 0 Å². The van der Waals surface area contributed by atoms with Crippen LogP contribution in [0.15, 0.2) is 29.6 Å². The van der Waals surface area contributed by atoms with Crippen molar-refractivity contribution in [1.29, 1.82) is 0 Å². The fraction of sp³-hybridized carbons (Fsp3) is 0.286. The van der Waals surface area contributed by atoms with Crippen molar-refractivity contribution < 1.29 is 9.50 Å². The molecule has 0 aliphatic heterocycles. The molecule has 0 aliphatic carbocycles. The zero-order chi connectivity index (χ0) is 12.6. The summed E-state index contributed by atoms with van der Waals surface area (Å²) in [6.45, 7) is 5.55. The Morgan fingerprint density at radius 3 is 2.47 bits per heavy atom. The van der Waals surface area contributed by atoms with Crippen molar-refractivity contribution in [2.24, 2.45) is 0 Å². The maximum absolute atomic E-state index is 13.3. The van der Waals surface area contributed by atoms with Gasteiger partial charge < -0.3 is 5.11 Å². The number of rotatable bonds is 2. The third-order valence-corrected chi connectivity index (χ3v) is 4.26. The van der Waals surface area contributed by atoms with Gasteiger partial charge in [0.2, 0.25) is 0 Å². The standard InChI is InChI=1S/C14H15FOS/c1-9-4-5-11(15)8-12(9)14(3,16)13-10(2)6-7-17-13/h4-8,16H,1-3H3. The SMILES string of the molecule is Cc1ccc(F)cc1C(C)(O)c1sccc1C. The number of hydrogen-bond acceptors (Lipinski definition) is 2. The maximum Gasteiger partial charge on any atom is 0.123 e. The molecule has 1 N–H and O–H groups in total. The molecule has 1 nitrogen and oxygen atoms in total. The van der Waals surface area contributed by atoms with Gasteiger partial charge in [-0.05, 0) is 61.0 Å². The summed E-state index contributed by atoms with van der Waals surface area (Å²) < 4.78 is 13.3. The fourth-order valence-corrected chi connectivity index (χ4v) is 3.11. The van der Waals surface area contributed by atoms with E-state index in [1.54, 1.807) is 13.0 Å². The first-order chi connectivity index (χ1) is 7.93. The number of halogens is 1. The molecule has 1 aromatic carbocycles. The Labute approximate surface area is 105 Å². The minimum absolute atomic E-state index is 0.319. The van der Waals surface area contributed by atoms with Crippen molar-refractivity contribution in [3.63, 3.8) is 0 Å². The van der Waals surface area contributed by atoms with Crippen LogP contribution in [0, 0.1) is 19.7 Å². The Morgan fingerprint density at radius 2 is 1.88 bits per heavy atom. The van der Waals surface area contributed by atoms with Crippen LogP contribution >= 0.6 is 11.3 Å². The van der Waals surface area contributed by atoms with Gasteiger partial charge in [0, 0.05) is 4.88 Å². The molecule has 1 aromatic heterocycles. The number of benzene rings is 1. The predicted octanol–water partition coefficient (Wildman–Crippen LogP) is 3.76. The van der Waals surface area contributed by atoms with Crippen LogP contribution in [0.5, 0.6) is 0 Å². The Hall–Kier alpha value is -1.19. The van der Waals surface area contributed by atoms with Crippen LogP contribution in [0.25, 0.3) is 0 Å². The van der Waals surface area contributed by atoms with Gasteiger partial charge in [-0.25, -0.2) is 4.39 Å². The van der Waals surface area contributed by atoms with Gasteiger partial charge in [0.05, 0.1) is 0 Å². The third kappa shape index (κ3) is 2.13. The van der Waals surface area contributed by atoms with Crippen molar-refractivity contribution in [3.8, 4) is 0 Å². The van der Waals surface area contributed by atoms with Crippen LogP contribution in [0.1, 0.15) is 28.5 Å². The molecule has 0 saturated carbocycles. The zero-order valence-electron chi connectivity index (χ0n) is 10.1. The van der Waals surface area contributed by atoms with Crippen LogP contribution in [-0.4, -0.2) is 5.11 Å². The second kappa shape index (κ2) is 4.24. The summed E-state index contributed by atoms with van der Waals surface area (Å²) >= 11 is 1.49. The van der Waals surface area contributed by atoms with Crippen LogP contribution in [0.3, 0.4) is 0 Å². The van der Waals surface area contributed by atoms with Crippen LogP contribution in [0.2, 0.25) is 0 Å². The normalized spacial score (nSPS) is 14.6. The predicted molar refractivity (Wildman–Crippen MR) is 68.9 cm³/mol. The second-order valence-corrected chi connectivity index (χ2v) is 5.38. The molecule has 1 unspecified atom stereocenters. The molecule has 0 saturated heterocycles. The highest BCUT2D eigenvalue weighted by atomic mass is 32.1. The average molecular weight is 250 g/mol. The van der Waals surface area contributed by atoms with E-state index in [0.717, 1.165) is 16.0 Å². The number of hydrogen-bond donors (Lipinski definition) is 1. The lowest BCUT2D eigenvalue weighted by Crippen LogP contribution is -2.23. The molecule has 1 atom stereocenters. The molecule has 2 rings (SSSR count). The van der Waals surface area contributed by atoms with E-state index in [2.05, 4.69) is 0 Å². The highest BCUT2D eigenvalue weighted by Crippen LogP contribution is 2.36. The molecule has 0 amide bonds. The third-order valence-electron chi connectivity index (χ3n) is 3.03. The molecule has 3 heteroatoms. The molecule has 90 valence electrons. The lowest BCUT2D eigenvalue weighted by molar-refractivity contribution is 0.104. The lowest BCUT2D eigenvalue weighted by atomic mass is 9.89. The molecular formula is C14H15FOS. The van der Waals surface area contributed by atoms with Crippen molar-refractivity contribution in [2.45, 2.75) is 26.4 Å². The van der Waals surface area contributed by atoms with E-state index < -0.39 is 5.60 Å². The Morgan fingerprint density at radius 1 is 1.18 bits per heavy atom. The summed E-state index contributed by atoms with van der Waals surface area (Å²) in [6.07, 6.45) is 0. The van der Waals surface area contributed by atoms with E-state index in [9.17, 15) is 9.50 Å². The molecule has 1 heterocycles. The van der Waals surface area contributed by atoms with E-state index in [0.29, 0.717) is 5.56 Å². The number of thiophene rings is 1. The molecule has 17 heavy (non-hydrogen) atoms. The van der Waals surface area contributed by atoms with Crippen LogP contribution in [-0.2, 0) is 5.60 Å². The first-order valence-corrected chi connectivity index (χ1v) is 6.34. The lowest BCUT2D eigenvalue weighted by Gasteiger charge is -2.25. The smallest absolute Gasteiger partial charge is 0.123 e. The molecule has 0 spiro atoms. The Kier molecular flexibility index (Phi) is 3.06. The zero-order valence-corrected chi connectivity index (χ0v) is 10.9. The summed E-state index contributed by atoms with van der Waals surface area (Å²) in [5.41, 5.74) is 1.42. The molecule has 0 aliphatic rings. The van der Waals surface area contributed by atoms with Gasteiger partial charge in [0.15, 0.2) is 0 Å². The minimum Gasteiger partial charge on any atom is -0.380 e. The van der Waals surface area contributed by atoms with Gasteiger partial charge in [0.25, 0.3) is 0 Å². The molecule has 2 aromatic rings. The Bertz CT molecular complexity index is 543. The van der Waals surface area contributed by atoms with E-state index in [1.165, 1.54) is 23.5 Å². The number of aliphatic hydroxyl groups is 1. The first-order valence-electron chi connectivity index (χ1n) is 5.46. The monoisotopic (exact) mass is 250 g/mol. The summed E-state index contributed by atoms with van der Waals surface area (Å²) in [4.78, 5) is 0.867. The van der Waals surface area contributed by atoms with Crippen molar-refractivity contribution >= 4 is 11.3 Å². The van der Waals surface area contributed by atoms with Crippen molar-refractivity contribution in [3.05, 3.63) is 57.0 Å². The highest BCUT2D eigenvalue weighted by Gasteiger charge is 2.30. The second-order valence-electron chi connectivity index (χ2n) is 4.46. The summed E-state index contributed by atoms with van der Waals surface area (Å²) in [5.74, 6) is -0.319. The highest BCUT2D eigenvalue weighted by molar-refractivity contribution is 7.10. The molecule has 0 radical (unpaired) electrons. The van der Waals surface area contributed by atoms with Crippen molar-refractivity contribution in [2.75, 3.05) is 0 Å². The van der Waals surface area contributed by atoms with E-state index in [1.807, 2.05) is 25.3 Å². The molecular weight excluding hydrogens is 235 g/mol. The van der Waals surface area contributed by atoms with Gasteiger partial charge in [-0.3, -0.25) is 0 Å². The first kappa shape index (κ1) is 12.3. The van der Waals surface area contributed by atoms with Gasteiger partial charge in [-0.1, -0.05) is 6.07 Å². The summed E-state index contributed by atoms with van der Waals surface area (Å²) in [7, 11) is 0. The summed E-state index contributed by atoms with van der Waals surface area (Å²) in [6, 6.07) is 6.48. The van der Waals surface area contributed by atoms with Crippen LogP contribution in [0.4, 0.5) is 4.39 Å². The largest absolute Gasteiger partial charge is 0.380 e. The summed E-state index contributed by atoms with van der Waals surface area (Å²) in [5, 5.41) is 12.6. The van der Waals surface area contributed by atoms with Gasteiger partial charge in [0.1, 0.15) is 11.4 Å². The minimum atomic E-state index is -1.13. The topological polar surface area (TPSA) is 20.2 Å². The van der Waals surface area contributed by atoms with E-state index in [-0.39, 0.29) is 5.82 Å². The maximum atomic E-state index is 13.3. The number of aryl methyl sites for hydroxylation is 2. The fourth-order valence-electron chi connectivity index (χ4n) is 2.11. The van der Waals surface area contributed by atoms with E-state index in [4.69, 9.17) is 0 Å².